The molecule has 0 amide bonds. The topological polar surface area (TPSA) is 66.9 Å². The summed E-state index contributed by atoms with van der Waals surface area (Å²) in [6.45, 7) is 0. The van der Waals surface area contributed by atoms with E-state index in [0.717, 1.165) is 18.5 Å². The third-order valence-corrected chi connectivity index (χ3v) is 6.13. The van der Waals surface area contributed by atoms with Crippen LogP contribution < -0.4 is 10.9 Å². The van der Waals surface area contributed by atoms with Crippen molar-refractivity contribution in [3.8, 4) is 5.69 Å². The maximum absolute atomic E-state index is 13.9. The molecule has 5 nitrogen and oxygen atoms in total. The number of anilines is 1. The van der Waals surface area contributed by atoms with Crippen molar-refractivity contribution in [1.29, 1.82) is 0 Å². The Morgan fingerprint density at radius 3 is 2.62 bits per heavy atom. The Balaban J connectivity index is 1.76. The Morgan fingerprint density at radius 2 is 1.86 bits per heavy atom. The van der Waals surface area contributed by atoms with E-state index in [1.165, 1.54) is 10.7 Å². The van der Waals surface area contributed by atoms with Gasteiger partial charge in [-0.25, -0.2) is 9.07 Å². The van der Waals surface area contributed by atoms with Crippen molar-refractivity contribution in [2.24, 2.45) is 0 Å². The number of nitrogens with zero attached hydrogens (tertiary/aromatic N) is 1. The number of benzene rings is 2. The van der Waals surface area contributed by atoms with E-state index < -0.39 is 5.92 Å². The number of nitrogens with one attached hydrogen (secondary N) is 2. The van der Waals surface area contributed by atoms with Gasteiger partial charge in [-0.15, -0.1) is 0 Å². The predicted molar refractivity (Wildman–Crippen MR) is 112 cm³/mol. The normalized spacial score (nSPS) is 18.3. The Labute approximate surface area is 174 Å². The summed E-state index contributed by atoms with van der Waals surface area (Å²) in [4.78, 5) is 26.3. The fourth-order valence-electron chi connectivity index (χ4n) is 4.22. The minimum Gasteiger partial charge on any atom is -0.343 e. The molecule has 2 N–H and O–H groups in total. The average molecular weight is 454 g/mol. The third kappa shape index (κ3) is 2.88. The molecule has 0 saturated carbocycles. The molecule has 29 heavy (non-hydrogen) atoms. The van der Waals surface area contributed by atoms with Crippen molar-refractivity contribution in [1.82, 2.24) is 9.78 Å². The quantitative estimate of drug-likeness (QED) is 0.594. The van der Waals surface area contributed by atoms with Gasteiger partial charge in [0.2, 0.25) is 0 Å². The van der Waals surface area contributed by atoms with Crippen LogP contribution in [-0.4, -0.2) is 15.6 Å². The summed E-state index contributed by atoms with van der Waals surface area (Å²) >= 11 is 3.23. The number of hydrogen-bond donors (Lipinski definition) is 2. The number of aromatic nitrogens is 2. The molecule has 1 atom stereocenters. The first-order valence-electron chi connectivity index (χ1n) is 9.43. The van der Waals surface area contributed by atoms with Crippen LogP contribution in [0.2, 0.25) is 0 Å². The maximum Gasteiger partial charge on any atom is 0.277 e. The van der Waals surface area contributed by atoms with Crippen LogP contribution >= 0.6 is 15.9 Å². The summed E-state index contributed by atoms with van der Waals surface area (Å²) in [5.41, 5.74) is 3.10. The molecular weight excluding hydrogens is 437 g/mol. The van der Waals surface area contributed by atoms with Crippen LogP contribution in [0.1, 0.15) is 36.3 Å². The fraction of sp³-hybridized carbons (Fsp3) is 0.182. The zero-order valence-electron chi connectivity index (χ0n) is 15.3. The van der Waals surface area contributed by atoms with E-state index in [1.807, 2.05) is 30.3 Å². The van der Waals surface area contributed by atoms with Crippen molar-refractivity contribution in [2.75, 3.05) is 5.32 Å². The van der Waals surface area contributed by atoms with Gasteiger partial charge >= 0.3 is 0 Å². The lowest BCUT2D eigenvalue weighted by molar-refractivity contribution is -0.116. The van der Waals surface area contributed by atoms with Crippen LogP contribution in [0.3, 0.4) is 0 Å². The molecule has 0 fully saturated rings. The second kappa shape index (κ2) is 6.84. The molecule has 0 radical (unpaired) electrons. The first-order valence-corrected chi connectivity index (χ1v) is 10.2. The fourth-order valence-corrected chi connectivity index (χ4v) is 4.62. The van der Waals surface area contributed by atoms with E-state index in [2.05, 4.69) is 26.3 Å². The van der Waals surface area contributed by atoms with Gasteiger partial charge in [-0.2, -0.15) is 0 Å². The zero-order valence-corrected chi connectivity index (χ0v) is 16.9. The maximum atomic E-state index is 13.9. The summed E-state index contributed by atoms with van der Waals surface area (Å²) in [5, 5.41) is 6.44. The SMILES string of the molecule is O=C1CCCC2=C1[C@@H](c1ccc(F)c(Br)c1)c1c([nH]n(-c3ccccc3)c1=O)N2. The molecule has 146 valence electrons. The molecule has 7 heteroatoms. The number of rotatable bonds is 2. The van der Waals surface area contributed by atoms with E-state index in [1.54, 1.807) is 12.1 Å². The first kappa shape index (κ1) is 18.1. The van der Waals surface area contributed by atoms with Crippen LogP contribution in [0, 0.1) is 5.82 Å². The number of allylic oxidation sites excluding steroid dienone is 2. The Bertz CT molecular complexity index is 1230. The number of aromatic amines is 1. The highest BCUT2D eigenvalue weighted by molar-refractivity contribution is 9.10. The van der Waals surface area contributed by atoms with Gasteiger partial charge in [0.1, 0.15) is 11.6 Å². The predicted octanol–water partition coefficient (Wildman–Crippen LogP) is 4.63. The summed E-state index contributed by atoms with van der Waals surface area (Å²) in [6.07, 6.45) is 1.95. The van der Waals surface area contributed by atoms with E-state index in [0.29, 0.717) is 39.1 Å². The summed E-state index contributed by atoms with van der Waals surface area (Å²) in [6, 6.07) is 13.9. The molecule has 0 spiro atoms. The average Bonchev–Trinajstić information content (AvgIpc) is 3.06. The van der Waals surface area contributed by atoms with Gasteiger partial charge in [-0.1, -0.05) is 24.3 Å². The van der Waals surface area contributed by atoms with Crippen molar-refractivity contribution < 1.29 is 9.18 Å². The monoisotopic (exact) mass is 453 g/mol. The summed E-state index contributed by atoms with van der Waals surface area (Å²) in [5.74, 6) is -0.318. The highest BCUT2D eigenvalue weighted by Gasteiger charge is 2.38. The summed E-state index contributed by atoms with van der Waals surface area (Å²) in [7, 11) is 0. The number of fused-ring (bicyclic) bond motifs is 1. The van der Waals surface area contributed by atoms with Crippen LogP contribution in [0.4, 0.5) is 10.2 Å². The first-order chi connectivity index (χ1) is 14.0. The number of halogens is 2. The second-order valence-electron chi connectivity index (χ2n) is 7.28. The van der Waals surface area contributed by atoms with Crippen LogP contribution in [0.15, 0.2) is 69.1 Å². The molecule has 2 aliphatic rings. The lowest BCUT2D eigenvalue weighted by Crippen LogP contribution is -2.29. The number of Topliss-reactive ketones (excluding diaryl/α,β-unsaturated/α-hetero) is 1. The Kier molecular flexibility index (Phi) is 4.28. The number of para-hydroxylation sites is 1. The second-order valence-corrected chi connectivity index (χ2v) is 8.13. The molecule has 1 aliphatic heterocycles. The van der Waals surface area contributed by atoms with E-state index in [-0.39, 0.29) is 17.2 Å². The van der Waals surface area contributed by atoms with Gasteiger partial charge in [-0.05, 0) is 58.6 Å². The van der Waals surface area contributed by atoms with E-state index >= 15 is 0 Å². The molecule has 1 aromatic heterocycles. The van der Waals surface area contributed by atoms with Gasteiger partial charge < -0.3 is 5.32 Å². The van der Waals surface area contributed by atoms with Gasteiger partial charge in [0.05, 0.1) is 15.7 Å². The van der Waals surface area contributed by atoms with E-state index in [9.17, 15) is 14.0 Å². The molecule has 0 bridgehead atoms. The Morgan fingerprint density at radius 1 is 1.07 bits per heavy atom. The largest absolute Gasteiger partial charge is 0.343 e. The van der Waals surface area contributed by atoms with Gasteiger partial charge in [0.15, 0.2) is 5.78 Å². The minimum absolute atomic E-state index is 0.0294. The molecule has 2 heterocycles. The van der Waals surface area contributed by atoms with Crippen molar-refractivity contribution in [2.45, 2.75) is 25.2 Å². The summed E-state index contributed by atoms with van der Waals surface area (Å²) < 4.78 is 15.6. The van der Waals surface area contributed by atoms with Crippen LogP contribution in [0.25, 0.3) is 5.69 Å². The van der Waals surface area contributed by atoms with Crippen LogP contribution in [0.5, 0.6) is 0 Å². The number of ketones is 1. The van der Waals surface area contributed by atoms with Gasteiger partial charge in [-0.3, -0.25) is 14.7 Å². The van der Waals surface area contributed by atoms with Crippen LogP contribution in [-0.2, 0) is 4.79 Å². The number of carbonyl (C=O) groups excluding carboxylic acids is 1. The van der Waals surface area contributed by atoms with Gasteiger partial charge in [0.25, 0.3) is 5.56 Å². The lowest BCUT2D eigenvalue weighted by Gasteiger charge is -2.31. The molecule has 5 rings (SSSR count). The molecule has 1 aliphatic carbocycles. The van der Waals surface area contributed by atoms with Gasteiger partial charge in [0, 0.05) is 23.6 Å². The Hall–Kier alpha value is -2.93. The smallest absolute Gasteiger partial charge is 0.277 e. The van der Waals surface area contributed by atoms with Crippen molar-refractivity contribution >= 4 is 27.5 Å². The molecule has 0 saturated heterocycles. The van der Waals surface area contributed by atoms with E-state index in [4.69, 9.17) is 0 Å². The number of carbonyl (C=O) groups is 1. The molecule has 3 aromatic rings. The molecule has 0 unspecified atom stereocenters. The molecule has 2 aromatic carbocycles. The third-order valence-electron chi connectivity index (χ3n) is 5.53. The van der Waals surface area contributed by atoms with Crippen molar-refractivity contribution in [3.63, 3.8) is 0 Å². The van der Waals surface area contributed by atoms with Crippen molar-refractivity contribution in [3.05, 3.63) is 91.6 Å². The lowest BCUT2D eigenvalue weighted by atomic mass is 9.77. The standard InChI is InChI=1S/C22H17BrFN3O2/c23-14-11-12(9-10-15(14)24)18-19-16(7-4-8-17(19)28)25-21-20(18)22(29)27(26-21)13-5-2-1-3-6-13/h1-3,5-6,9-11,18,25-26H,4,7-8H2/t18-/m1/s1. The highest BCUT2D eigenvalue weighted by Crippen LogP contribution is 2.44. The minimum atomic E-state index is -0.542. The number of hydrogen-bond acceptors (Lipinski definition) is 3. The number of H-pyrrole nitrogens is 1. The highest BCUT2D eigenvalue weighted by atomic mass is 79.9. The molecular formula is C22H17BrFN3O2. The zero-order chi connectivity index (χ0) is 20.1.